The molecule has 0 spiro atoms. The van der Waals surface area contributed by atoms with Crippen LogP contribution in [0.15, 0.2) is 28.1 Å². The quantitative estimate of drug-likeness (QED) is 0.630. The van der Waals surface area contributed by atoms with Crippen LogP contribution in [0, 0.1) is 0 Å². The lowest BCUT2D eigenvalue weighted by Gasteiger charge is -2.07. The Balaban J connectivity index is 2.19. The predicted molar refractivity (Wildman–Crippen MR) is 98.4 cm³/mol. The molecule has 1 amide bonds. The van der Waals surface area contributed by atoms with Gasteiger partial charge >= 0.3 is 6.09 Å². The summed E-state index contributed by atoms with van der Waals surface area (Å²) in [5.41, 5.74) is 5.80. The Bertz CT molecular complexity index is 732. The van der Waals surface area contributed by atoms with Crippen LogP contribution >= 0.6 is 35.0 Å². The third-order valence-corrected chi connectivity index (χ3v) is 4.71. The van der Waals surface area contributed by atoms with Crippen molar-refractivity contribution in [2.45, 2.75) is 42.2 Å². The minimum absolute atomic E-state index is 0.0145. The van der Waals surface area contributed by atoms with Crippen LogP contribution in [0.4, 0.5) is 4.79 Å². The number of nitrogens with one attached hydrogen (secondary N) is 1. The first-order chi connectivity index (χ1) is 11.8. The Morgan fingerprint density at radius 1 is 1.36 bits per heavy atom. The highest BCUT2D eigenvalue weighted by Crippen LogP contribution is 2.36. The number of H-pyrrole nitrogens is 1. The summed E-state index contributed by atoms with van der Waals surface area (Å²) in [4.78, 5) is 19.1. The maximum Gasteiger partial charge on any atom is 0.404 e. The minimum Gasteiger partial charge on any atom is -0.450 e. The van der Waals surface area contributed by atoms with Crippen LogP contribution in [-0.4, -0.2) is 27.8 Å². The number of hydrogen-bond acceptors (Lipinski definition) is 5. The fourth-order valence-corrected chi connectivity index (χ4v) is 3.91. The van der Waals surface area contributed by atoms with E-state index in [9.17, 15) is 9.90 Å². The number of nitrogens with zero attached hydrogens (tertiary/aromatic N) is 1. The number of benzene rings is 1. The number of rotatable bonds is 7. The van der Waals surface area contributed by atoms with Crippen LogP contribution in [0.5, 0.6) is 0 Å². The second-order valence-electron chi connectivity index (χ2n) is 5.67. The Hall–Kier alpha value is -1.41. The lowest BCUT2D eigenvalue weighted by molar-refractivity contribution is 0.106. The molecule has 6 nitrogen and oxygen atoms in total. The molecule has 25 heavy (non-hydrogen) atoms. The van der Waals surface area contributed by atoms with Gasteiger partial charge in [0.15, 0.2) is 0 Å². The molecule has 0 aliphatic carbocycles. The number of carbonyl (C=O) groups is 1. The fourth-order valence-electron chi connectivity index (χ4n) is 2.12. The molecule has 0 bridgehead atoms. The molecule has 1 aromatic heterocycles. The van der Waals surface area contributed by atoms with Crippen molar-refractivity contribution < 1.29 is 14.6 Å². The average molecular weight is 404 g/mol. The Morgan fingerprint density at radius 3 is 2.56 bits per heavy atom. The number of hydrogen-bond donors (Lipinski definition) is 3. The zero-order valence-electron chi connectivity index (χ0n) is 13.8. The normalized spacial score (nSPS) is 12.4. The molecule has 1 heterocycles. The highest BCUT2D eigenvalue weighted by Gasteiger charge is 2.19. The van der Waals surface area contributed by atoms with E-state index in [1.807, 2.05) is 13.8 Å². The van der Waals surface area contributed by atoms with Crippen LogP contribution in [0.3, 0.4) is 0 Å². The SMILES string of the molecule is CC(C)c1[nH]c(C(O)CCOC(N)=O)nc1Sc1cc(Cl)cc(Cl)c1. The number of aliphatic hydroxyl groups excluding tert-OH is 1. The molecule has 0 saturated carbocycles. The van der Waals surface area contributed by atoms with Crippen molar-refractivity contribution in [3.05, 3.63) is 39.8 Å². The van der Waals surface area contributed by atoms with Gasteiger partial charge in [0.2, 0.25) is 0 Å². The molecule has 0 fully saturated rings. The number of amides is 1. The zero-order valence-corrected chi connectivity index (χ0v) is 16.1. The summed E-state index contributed by atoms with van der Waals surface area (Å²) < 4.78 is 4.64. The predicted octanol–water partition coefficient (Wildman–Crippen LogP) is 4.51. The number of carbonyl (C=O) groups excluding carboxylic acids is 1. The van der Waals surface area contributed by atoms with Crippen LogP contribution in [0.2, 0.25) is 10.0 Å². The van der Waals surface area contributed by atoms with Gasteiger partial charge in [0.25, 0.3) is 0 Å². The topological polar surface area (TPSA) is 101 Å². The molecule has 0 aliphatic heterocycles. The number of halogens is 2. The molecular formula is C16H19Cl2N3O3S. The molecule has 2 rings (SSSR count). The lowest BCUT2D eigenvalue weighted by Crippen LogP contribution is -2.15. The van der Waals surface area contributed by atoms with Crippen LogP contribution in [0.1, 0.15) is 43.8 Å². The van der Waals surface area contributed by atoms with E-state index in [2.05, 4.69) is 14.7 Å². The Morgan fingerprint density at radius 2 is 2.00 bits per heavy atom. The Labute approximate surface area is 160 Å². The maximum atomic E-state index is 10.6. The summed E-state index contributed by atoms with van der Waals surface area (Å²) in [6, 6.07) is 5.26. The number of aromatic amines is 1. The molecule has 136 valence electrons. The van der Waals surface area contributed by atoms with Crippen LogP contribution in [-0.2, 0) is 4.74 Å². The van der Waals surface area contributed by atoms with Gasteiger partial charge in [0.1, 0.15) is 17.0 Å². The summed E-state index contributed by atoms with van der Waals surface area (Å²) in [5.74, 6) is 0.583. The molecule has 1 atom stereocenters. The van der Waals surface area contributed by atoms with Crippen molar-refractivity contribution in [2.75, 3.05) is 6.61 Å². The first-order valence-corrected chi connectivity index (χ1v) is 9.17. The van der Waals surface area contributed by atoms with E-state index >= 15 is 0 Å². The van der Waals surface area contributed by atoms with Crippen molar-refractivity contribution >= 4 is 41.1 Å². The van der Waals surface area contributed by atoms with Gasteiger partial charge in [-0.25, -0.2) is 9.78 Å². The van der Waals surface area contributed by atoms with Crippen molar-refractivity contribution in [3.8, 4) is 0 Å². The van der Waals surface area contributed by atoms with E-state index in [0.29, 0.717) is 15.9 Å². The van der Waals surface area contributed by atoms with Gasteiger partial charge in [-0.1, -0.05) is 48.8 Å². The third-order valence-electron chi connectivity index (χ3n) is 3.29. The first-order valence-electron chi connectivity index (χ1n) is 7.60. The molecule has 0 radical (unpaired) electrons. The van der Waals surface area contributed by atoms with Gasteiger partial charge in [-0.15, -0.1) is 0 Å². The molecule has 0 saturated heterocycles. The second-order valence-corrected chi connectivity index (χ2v) is 7.61. The zero-order chi connectivity index (χ0) is 18.6. The maximum absolute atomic E-state index is 10.6. The monoisotopic (exact) mass is 403 g/mol. The minimum atomic E-state index is -0.894. The van der Waals surface area contributed by atoms with Crippen molar-refractivity contribution in [1.29, 1.82) is 0 Å². The number of imidazole rings is 1. The van der Waals surface area contributed by atoms with E-state index in [1.54, 1.807) is 18.2 Å². The molecule has 9 heteroatoms. The third kappa shape index (κ3) is 5.81. The number of aromatic nitrogens is 2. The summed E-state index contributed by atoms with van der Waals surface area (Å²) >= 11 is 13.5. The summed E-state index contributed by atoms with van der Waals surface area (Å²) in [5, 5.41) is 12.0. The number of primary amides is 1. The van der Waals surface area contributed by atoms with Gasteiger partial charge in [-0.05, 0) is 24.1 Å². The fraction of sp³-hybridized carbons (Fsp3) is 0.375. The van der Waals surface area contributed by atoms with Gasteiger partial charge in [-0.3, -0.25) is 0 Å². The molecule has 1 unspecified atom stereocenters. The number of nitrogens with two attached hydrogens (primary N) is 1. The highest BCUT2D eigenvalue weighted by molar-refractivity contribution is 7.99. The summed E-state index contributed by atoms with van der Waals surface area (Å²) in [7, 11) is 0. The van der Waals surface area contributed by atoms with Gasteiger partial charge < -0.3 is 20.6 Å². The highest BCUT2D eigenvalue weighted by atomic mass is 35.5. The van der Waals surface area contributed by atoms with E-state index in [-0.39, 0.29) is 18.9 Å². The first kappa shape index (κ1) is 19.9. The van der Waals surface area contributed by atoms with E-state index in [4.69, 9.17) is 28.9 Å². The van der Waals surface area contributed by atoms with Gasteiger partial charge in [-0.2, -0.15) is 0 Å². The molecule has 4 N–H and O–H groups in total. The molecule has 0 aliphatic rings. The summed E-state index contributed by atoms with van der Waals surface area (Å²) in [6.07, 6.45) is -1.57. The number of aliphatic hydroxyl groups is 1. The Kier molecular flexibility index (Phi) is 7.01. The smallest absolute Gasteiger partial charge is 0.404 e. The van der Waals surface area contributed by atoms with E-state index in [1.165, 1.54) is 11.8 Å². The second kappa shape index (κ2) is 8.80. The molecular weight excluding hydrogens is 385 g/mol. The molecule has 2 aromatic rings. The summed E-state index contributed by atoms with van der Waals surface area (Å²) in [6.45, 7) is 4.06. The van der Waals surface area contributed by atoms with Crippen LogP contribution < -0.4 is 5.73 Å². The largest absolute Gasteiger partial charge is 0.450 e. The van der Waals surface area contributed by atoms with Crippen molar-refractivity contribution in [3.63, 3.8) is 0 Å². The standard InChI is InChI=1S/C16H19Cl2N3O3S/c1-8(2)13-15(25-11-6-9(17)5-10(18)7-11)21-14(20-13)12(22)3-4-24-16(19)23/h5-8,12,22H,3-4H2,1-2H3,(H2,19,23)(H,20,21). The number of ether oxygens (including phenoxy) is 1. The lowest BCUT2D eigenvalue weighted by atomic mass is 10.1. The van der Waals surface area contributed by atoms with Crippen molar-refractivity contribution in [1.82, 2.24) is 9.97 Å². The van der Waals surface area contributed by atoms with E-state index in [0.717, 1.165) is 15.6 Å². The molecule has 1 aromatic carbocycles. The van der Waals surface area contributed by atoms with Crippen molar-refractivity contribution in [2.24, 2.45) is 5.73 Å². The van der Waals surface area contributed by atoms with Gasteiger partial charge in [0.05, 0.1) is 12.3 Å². The van der Waals surface area contributed by atoms with E-state index < -0.39 is 12.2 Å². The average Bonchev–Trinajstić information content (AvgIpc) is 2.89. The van der Waals surface area contributed by atoms with Gasteiger partial charge in [0, 0.05) is 21.4 Å². The van der Waals surface area contributed by atoms with Crippen LogP contribution in [0.25, 0.3) is 0 Å².